The van der Waals surface area contributed by atoms with Crippen LogP contribution in [-0.2, 0) is 11.2 Å². The molecule has 0 amide bonds. The molecule has 2 atom stereocenters. The molecule has 3 fully saturated rings. The number of fused-ring (bicyclic) bond motifs is 1. The van der Waals surface area contributed by atoms with Gasteiger partial charge < -0.3 is 31.0 Å². The fourth-order valence-electron chi connectivity index (χ4n) is 6.12. The largest absolute Gasteiger partial charge is 0.474 e. The molecule has 1 aliphatic carbocycles. The molecule has 0 radical (unpaired) electrons. The van der Waals surface area contributed by atoms with Crippen LogP contribution in [0.2, 0.25) is 0 Å². The van der Waals surface area contributed by atoms with Gasteiger partial charge in [-0.3, -0.25) is 4.90 Å². The summed E-state index contributed by atoms with van der Waals surface area (Å²) in [4.78, 5) is 15.5. The molecule has 4 heterocycles. The highest BCUT2D eigenvalue weighted by Gasteiger charge is 2.45. The zero-order valence-corrected chi connectivity index (χ0v) is 25.5. The van der Waals surface area contributed by atoms with Crippen LogP contribution in [0.4, 0.5) is 29.1 Å². The summed E-state index contributed by atoms with van der Waals surface area (Å²) in [5, 5.41) is 3.34. The van der Waals surface area contributed by atoms with Gasteiger partial charge in [0.2, 0.25) is 12.3 Å². The van der Waals surface area contributed by atoms with Crippen molar-refractivity contribution in [3.8, 4) is 23.1 Å². The normalized spacial score (nSPS) is 20.3. The van der Waals surface area contributed by atoms with Gasteiger partial charge in [-0.15, -0.1) is 0 Å². The van der Waals surface area contributed by atoms with Gasteiger partial charge in [0, 0.05) is 43.1 Å². The molecule has 0 spiro atoms. The lowest BCUT2D eigenvalue weighted by atomic mass is 9.94. The second kappa shape index (κ2) is 12.7. The number of morpholine rings is 1. The predicted molar refractivity (Wildman–Crippen MR) is 161 cm³/mol. The summed E-state index contributed by atoms with van der Waals surface area (Å²) in [5.41, 5.74) is 11.0. The highest BCUT2D eigenvalue weighted by Crippen LogP contribution is 2.47. The van der Waals surface area contributed by atoms with Crippen LogP contribution >= 0.6 is 0 Å². The molecule has 0 bridgehead atoms. The van der Waals surface area contributed by atoms with E-state index in [1.54, 1.807) is 0 Å². The van der Waals surface area contributed by atoms with Crippen molar-refractivity contribution in [1.29, 1.82) is 0 Å². The molecule has 1 saturated carbocycles. The van der Waals surface area contributed by atoms with Crippen LogP contribution in [0.5, 0.6) is 11.9 Å². The Morgan fingerprint density at radius 1 is 1.13 bits per heavy atom. The van der Waals surface area contributed by atoms with E-state index in [2.05, 4.69) is 25.2 Å². The molecule has 2 unspecified atom stereocenters. The van der Waals surface area contributed by atoms with E-state index >= 15 is 4.39 Å². The average molecular weight is 634 g/mol. The Hall–Kier alpha value is -3.49. The molecule has 3 aromatic rings. The number of anilines is 2. The van der Waals surface area contributed by atoms with E-state index < -0.39 is 24.5 Å². The molecule has 1 aromatic carbocycles. The monoisotopic (exact) mass is 633 g/mol. The average Bonchev–Trinajstić information content (AvgIpc) is 3.75. The molecule has 244 valence electrons. The SMILES string of the molecule is Cc1c(F)c(N)cc(-c2nc(OC(C)CC3CCN3)c3c(N)nc(OCC4(CN5CCOCC5)CC4)nc3c2F)c1CC(F)F. The van der Waals surface area contributed by atoms with Crippen LogP contribution in [-0.4, -0.2) is 84.4 Å². The van der Waals surface area contributed by atoms with Crippen molar-refractivity contribution >= 4 is 22.4 Å². The maximum atomic E-state index is 16.5. The van der Waals surface area contributed by atoms with E-state index in [4.69, 9.17) is 25.7 Å². The number of halogens is 4. The smallest absolute Gasteiger partial charge is 0.319 e. The fraction of sp³-hybridized carbons (Fsp3) is 0.581. The number of ether oxygens (including phenoxy) is 3. The van der Waals surface area contributed by atoms with Crippen LogP contribution in [0, 0.1) is 24.0 Å². The summed E-state index contributed by atoms with van der Waals surface area (Å²) in [6.07, 6.45) is -0.460. The zero-order chi connectivity index (χ0) is 31.9. The molecule has 2 aromatic heterocycles. The molecule has 10 nitrogen and oxygen atoms in total. The third-order valence-corrected chi connectivity index (χ3v) is 9.02. The van der Waals surface area contributed by atoms with Crippen molar-refractivity contribution < 1.29 is 31.8 Å². The number of alkyl halides is 2. The first kappa shape index (κ1) is 31.5. The number of nitrogens with zero attached hydrogens (tertiary/aromatic N) is 4. The highest BCUT2D eigenvalue weighted by atomic mass is 19.3. The number of rotatable bonds is 12. The first-order valence-corrected chi connectivity index (χ1v) is 15.4. The number of nitrogens with two attached hydrogens (primary N) is 2. The molecule has 6 rings (SSSR count). The molecule has 2 aliphatic heterocycles. The molecule has 14 heteroatoms. The minimum Gasteiger partial charge on any atom is -0.474 e. The molecule has 3 aliphatic rings. The summed E-state index contributed by atoms with van der Waals surface area (Å²) in [6, 6.07) is 1.25. The van der Waals surface area contributed by atoms with Crippen LogP contribution in [0.1, 0.15) is 43.7 Å². The lowest BCUT2D eigenvalue weighted by molar-refractivity contribution is 0.0231. The highest BCUT2D eigenvalue weighted by molar-refractivity contribution is 5.95. The first-order valence-electron chi connectivity index (χ1n) is 15.4. The quantitative estimate of drug-likeness (QED) is 0.196. The first-order chi connectivity index (χ1) is 21.5. The van der Waals surface area contributed by atoms with Gasteiger partial charge in [-0.05, 0) is 63.3 Å². The number of pyridine rings is 1. The second-order valence-corrected chi connectivity index (χ2v) is 12.5. The lowest BCUT2D eigenvalue weighted by Crippen LogP contribution is -2.45. The summed E-state index contributed by atoms with van der Waals surface area (Å²) in [5.74, 6) is -1.97. The number of benzene rings is 1. The Morgan fingerprint density at radius 3 is 2.51 bits per heavy atom. The van der Waals surface area contributed by atoms with Crippen molar-refractivity contribution in [2.24, 2.45) is 5.41 Å². The van der Waals surface area contributed by atoms with Gasteiger partial charge in [0.1, 0.15) is 28.2 Å². The zero-order valence-electron chi connectivity index (χ0n) is 25.5. The van der Waals surface area contributed by atoms with Gasteiger partial charge in [-0.25, -0.2) is 22.5 Å². The number of aromatic nitrogens is 3. The van der Waals surface area contributed by atoms with Gasteiger partial charge >= 0.3 is 6.01 Å². The standard InChI is InChI=1S/C31H39F4N7O3/c1-16(11-18-3-6-38-18)45-29-23-27(25(35)26(39-29)20-12-21(36)24(34)17(2)19(20)13-22(32)33)40-30(41-28(23)37)44-15-31(4-5-31)14-42-7-9-43-10-8-42/h12,16,18,22,38H,3-11,13-15,36H2,1-2H3,(H2,37,40,41). The molecule has 5 N–H and O–H groups in total. The molecule has 45 heavy (non-hydrogen) atoms. The Kier molecular flexibility index (Phi) is 8.90. The van der Waals surface area contributed by atoms with Crippen LogP contribution in [0.15, 0.2) is 6.07 Å². The van der Waals surface area contributed by atoms with E-state index in [9.17, 15) is 13.2 Å². The van der Waals surface area contributed by atoms with Gasteiger partial charge in [-0.2, -0.15) is 9.97 Å². The molecule has 2 saturated heterocycles. The summed E-state index contributed by atoms with van der Waals surface area (Å²) >= 11 is 0. The van der Waals surface area contributed by atoms with E-state index in [0.717, 1.165) is 51.5 Å². The third kappa shape index (κ3) is 6.73. The van der Waals surface area contributed by atoms with Gasteiger partial charge in [0.25, 0.3) is 0 Å². The Morgan fingerprint density at radius 2 is 1.87 bits per heavy atom. The van der Waals surface area contributed by atoms with Crippen LogP contribution in [0.3, 0.4) is 0 Å². The van der Waals surface area contributed by atoms with Crippen molar-refractivity contribution in [2.75, 3.05) is 57.5 Å². The number of hydrogen-bond donors (Lipinski definition) is 3. The predicted octanol–water partition coefficient (Wildman–Crippen LogP) is 4.26. The maximum Gasteiger partial charge on any atom is 0.319 e. The summed E-state index contributed by atoms with van der Waals surface area (Å²) < 4.78 is 76.3. The topological polar surface area (TPSA) is 134 Å². The molecular weight excluding hydrogens is 594 g/mol. The van der Waals surface area contributed by atoms with Crippen LogP contribution in [0.25, 0.3) is 22.2 Å². The van der Waals surface area contributed by atoms with Crippen molar-refractivity contribution in [3.63, 3.8) is 0 Å². The minimum absolute atomic E-state index is 0.0358. The van der Waals surface area contributed by atoms with Crippen molar-refractivity contribution in [3.05, 3.63) is 28.8 Å². The third-order valence-electron chi connectivity index (χ3n) is 9.02. The number of nitrogen functional groups attached to an aromatic ring is 2. The van der Waals surface area contributed by atoms with Gasteiger partial charge in [0.05, 0.1) is 31.6 Å². The van der Waals surface area contributed by atoms with Crippen molar-refractivity contribution in [2.45, 2.75) is 64.5 Å². The minimum atomic E-state index is -2.83. The summed E-state index contributed by atoms with van der Waals surface area (Å²) in [7, 11) is 0. The summed E-state index contributed by atoms with van der Waals surface area (Å²) in [6.45, 7) is 8.31. The Labute approximate surface area is 258 Å². The molecular formula is C31H39F4N7O3. The number of hydrogen-bond acceptors (Lipinski definition) is 10. The van der Waals surface area contributed by atoms with Crippen molar-refractivity contribution in [1.82, 2.24) is 25.2 Å². The van der Waals surface area contributed by atoms with E-state index in [-0.39, 0.29) is 74.2 Å². The number of nitrogens with one attached hydrogen (secondary N) is 1. The van der Waals surface area contributed by atoms with Gasteiger partial charge in [0.15, 0.2) is 5.82 Å². The van der Waals surface area contributed by atoms with E-state index in [0.29, 0.717) is 26.2 Å². The van der Waals surface area contributed by atoms with Crippen LogP contribution < -0.4 is 26.3 Å². The van der Waals surface area contributed by atoms with Gasteiger partial charge in [-0.1, -0.05) is 0 Å². The van der Waals surface area contributed by atoms with E-state index in [1.165, 1.54) is 6.92 Å². The maximum absolute atomic E-state index is 16.5. The fourth-order valence-corrected chi connectivity index (χ4v) is 6.12. The lowest BCUT2D eigenvalue weighted by Gasteiger charge is -2.30. The second-order valence-electron chi connectivity index (χ2n) is 12.5. The Bertz CT molecular complexity index is 1560. The van der Waals surface area contributed by atoms with E-state index in [1.807, 2.05) is 6.92 Å². The Balaban J connectivity index is 1.40.